The minimum absolute atomic E-state index is 0.0601. The fraction of sp³-hybridized carbons (Fsp3) is 0.333. The van der Waals surface area contributed by atoms with Gasteiger partial charge in [-0.15, -0.1) is 0 Å². The standard InChI is InChI=1S/C9H9ClO4S/c1-14-9(11)4-6-2-3-7(15(12)13)5-8(6)10/h2-3H,4-5H2,1H3. The predicted octanol–water partition coefficient (Wildman–Crippen LogP) is 1.05. The maximum absolute atomic E-state index is 11.0. The lowest BCUT2D eigenvalue weighted by Crippen LogP contribution is -2.07. The number of carbonyl (C=O) groups excluding carboxylic acids is 1. The average Bonchev–Trinajstić information content (AvgIpc) is 2.20. The van der Waals surface area contributed by atoms with Crippen molar-refractivity contribution in [2.24, 2.45) is 0 Å². The molecule has 82 valence electrons. The lowest BCUT2D eigenvalue weighted by atomic mass is 10.0. The second-order valence-electron chi connectivity index (χ2n) is 2.89. The van der Waals surface area contributed by atoms with Crippen LogP contribution in [0.4, 0.5) is 0 Å². The van der Waals surface area contributed by atoms with Crippen LogP contribution in [0.3, 0.4) is 0 Å². The molecule has 0 heterocycles. The zero-order valence-corrected chi connectivity index (χ0v) is 9.56. The van der Waals surface area contributed by atoms with Crippen molar-refractivity contribution in [2.75, 3.05) is 7.11 Å². The summed E-state index contributed by atoms with van der Waals surface area (Å²) in [5, 5.41) is 0.363. The van der Waals surface area contributed by atoms with Crippen LogP contribution in [0.5, 0.6) is 0 Å². The Hall–Kier alpha value is -1.07. The summed E-state index contributed by atoms with van der Waals surface area (Å²) in [6.45, 7) is 0. The molecule has 0 aromatic carbocycles. The van der Waals surface area contributed by atoms with Gasteiger partial charge in [-0.25, -0.2) is 0 Å². The van der Waals surface area contributed by atoms with Gasteiger partial charge in [0.1, 0.15) is 0 Å². The van der Waals surface area contributed by atoms with Crippen molar-refractivity contribution in [3.63, 3.8) is 0 Å². The molecule has 0 saturated heterocycles. The van der Waals surface area contributed by atoms with Crippen LogP contribution in [0.2, 0.25) is 0 Å². The molecule has 0 spiro atoms. The second-order valence-corrected chi connectivity index (χ2v) is 4.34. The van der Waals surface area contributed by atoms with Crippen LogP contribution in [0.25, 0.3) is 0 Å². The van der Waals surface area contributed by atoms with Gasteiger partial charge < -0.3 is 4.74 Å². The first-order valence-corrected chi connectivity index (χ1v) is 5.57. The normalized spacial score (nSPS) is 15.5. The minimum Gasteiger partial charge on any atom is -0.469 e. The smallest absolute Gasteiger partial charge is 0.310 e. The Kier molecular flexibility index (Phi) is 4.11. The third-order valence-corrected chi connectivity index (χ3v) is 3.01. The molecule has 0 bridgehead atoms. The molecule has 0 N–H and O–H groups in total. The monoisotopic (exact) mass is 248 g/mol. The maximum atomic E-state index is 11.0. The van der Waals surface area contributed by atoms with Crippen LogP contribution in [0, 0.1) is 0 Å². The highest BCUT2D eigenvalue weighted by atomic mass is 35.5. The van der Waals surface area contributed by atoms with Gasteiger partial charge in [-0.1, -0.05) is 17.7 Å². The number of esters is 1. The molecule has 15 heavy (non-hydrogen) atoms. The zero-order chi connectivity index (χ0) is 11.4. The van der Waals surface area contributed by atoms with Gasteiger partial charge in [-0.05, 0) is 11.6 Å². The summed E-state index contributed by atoms with van der Waals surface area (Å²) in [5.41, 5.74) is 0.595. The maximum Gasteiger partial charge on any atom is 0.310 e. The first-order valence-electron chi connectivity index (χ1n) is 4.12. The van der Waals surface area contributed by atoms with Crippen LogP contribution in [-0.4, -0.2) is 26.4 Å². The van der Waals surface area contributed by atoms with E-state index in [0.717, 1.165) is 0 Å². The molecule has 1 aliphatic carbocycles. The van der Waals surface area contributed by atoms with Gasteiger partial charge in [-0.2, -0.15) is 8.42 Å². The van der Waals surface area contributed by atoms with E-state index in [1.165, 1.54) is 19.3 Å². The van der Waals surface area contributed by atoms with Gasteiger partial charge in [-0.3, -0.25) is 4.79 Å². The largest absolute Gasteiger partial charge is 0.469 e. The van der Waals surface area contributed by atoms with E-state index in [4.69, 9.17) is 11.6 Å². The molecule has 1 rings (SSSR count). The molecule has 1 aliphatic rings. The summed E-state index contributed by atoms with van der Waals surface area (Å²) >= 11 is 5.85. The Balaban J connectivity index is 2.88. The van der Waals surface area contributed by atoms with E-state index in [-0.39, 0.29) is 17.7 Å². The lowest BCUT2D eigenvalue weighted by molar-refractivity contribution is -0.139. The number of halogens is 1. The highest BCUT2D eigenvalue weighted by molar-refractivity contribution is 7.73. The van der Waals surface area contributed by atoms with Crippen molar-refractivity contribution >= 4 is 32.7 Å². The van der Waals surface area contributed by atoms with Gasteiger partial charge in [0.05, 0.1) is 18.4 Å². The molecule has 0 aromatic rings. The van der Waals surface area contributed by atoms with E-state index >= 15 is 0 Å². The van der Waals surface area contributed by atoms with Gasteiger partial charge in [0.15, 0.2) is 0 Å². The number of carbonyl (C=O) groups is 1. The third-order valence-electron chi connectivity index (χ3n) is 1.92. The fourth-order valence-corrected chi connectivity index (χ4v) is 1.90. The summed E-state index contributed by atoms with van der Waals surface area (Å²) in [7, 11) is -0.972. The van der Waals surface area contributed by atoms with E-state index in [1.54, 1.807) is 0 Å². The summed E-state index contributed by atoms with van der Waals surface area (Å²) in [4.78, 5) is 11.2. The summed E-state index contributed by atoms with van der Waals surface area (Å²) < 4.78 is 25.7. The van der Waals surface area contributed by atoms with E-state index < -0.39 is 16.3 Å². The van der Waals surface area contributed by atoms with Crippen molar-refractivity contribution in [3.05, 3.63) is 22.8 Å². The number of methoxy groups -OCH3 is 1. The topological polar surface area (TPSA) is 60.4 Å². The van der Waals surface area contributed by atoms with Gasteiger partial charge >= 0.3 is 5.97 Å². The number of rotatable bonds is 2. The van der Waals surface area contributed by atoms with Gasteiger partial charge in [0.25, 0.3) is 0 Å². The Bertz CT molecular complexity index is 462. The first kappa shape index (κ1) is 12.0. The molecule has 0 fully saturated rings. The van der Waals surface area contributed by atoms with Crippen molar-refractivity contribution in [3.8, 4) is 0 Å². The Morgan fingerprint density at radius 1 is 1.53 bits per heavy atom. The summed E-state index contributed by atoms with van der Waals surface area (Å²) in [5.74, 6) is -0.403. The quantitative estimate of drug-likeness (QED) is 0.541. The van der Waals surface area contributed by atoms with E-state index in [0.29, 0.717) is 10.6 Å². The van der Waals surface area contributed by atoms with Crippen LogP contribution in [0.15, 0.2) is 22.8 Å². The molecule has 0 amide bonds. The van der Waals surface area contributed by atoms with Gasteiger partial charge in [0.2, 0.25) is 10.3 Å². The van der Waals surface area contributed by atoms with E-state index in [1.807, 2.05) is 0 Å². The third kappa shape index (κ3) is 3.21. The Labute approximate surface area is 93.7 Å². The molecule has 0 unspecified atom stereocenters. The zero-order valence-electron chi connectivity index (χ0n) is 7.99. The molecule has 6 heteroatoms. The molecular formula is C9H9ClO4S. The van der Waals surface area contributed by atoms with Crippen molar-refractivity contribution in [1.29, 1.82) is 0 Å². The number of ether oxygens (including phenoxy) is 1. The van der Waals surface area contributed by atoms with Crippen LogP contribution < -0.4 is 0 Å². The minimum atomic E-state index is -2.26. The fourth-order valence-electron chi connectivity index (χ4n) is 1.11. The van der Waals surface area contributed by atoms with Crippen molar-refractivity contribution in [2.45, 2.75) is 12.8 Å². The molecule has 0 aromatic heterocycles. The lowest BCUT2D eigenvalue weighted by Gasteiger charge is -2.09. The highest BCUT2D eigenvalue weighted by Crippen LogP contribution is 2.23. The summed E-state index contributed by atoms with van der Waals surface area (Å²) in [6.07, 6.45) is 3.16. The van der Waals surface area contributed by atoms with Gasteiger partial charge in [0, 0.05) is 11.5 Å². The SMILES string of the molecule is COC(=O)CC1=C(Cl)CC(=S(=O)=O)C=C1. The van der Waals surface area contributed by atoms with Crippen LogP contribution in [-0.2, 0) is 19.8 Å². The number of hydrogen-bond acceptors (Lipinski definition) is 4. The van der Waals surface area contributed by atoms with E-state index in [9.17, 15) is 13.2 Å². The molecule has 4 nitrogen and oxygen atoms in total. The molecule has 0 saturated carbocycles. The van der Waals surface area contributed by atoms with Crippen LogP contribution in [0.1, 0.15) is 12.8 Å². The number of allylic oxidation sites excluding steroid dienone is 3. The second kappa shape index (κ2) is 5.14. The number of hydrogen-bond donors (Lipinski definition) is 0. The van der Waals surface area contributed by atoms with Crippen LogP contribution >= 0.6 is 11.6 Å². The van der Waals surface area contributed by atoms with Crippen molar-refractivity contribution < 1.29 is 17.9 Å². The average molecular weight is 249 g/mol. The molecular weight excluding hydrogens is 240 g/mol. The van der Waals surface area contributed by atoms with Crippen molar-refractivity contribution in [1.82, 2.24) is 0 Å². The summed E-state index contributed by atoms with van der Waals surface area (Å²) in [6, 6.07) is 0. The first-order chi connectivity index (χ1) is 7.04. The Morgan fingerprint density at radius 3 is 2.67 bits per heavy atom. The van der Waals surface area contributed by atoms with E-state index in [2.05, 4.69) is 4.74 Å². The highest BCUT2D eigenvalue weighted by Gasteiger charge is 2.14. The Morgan fingerprint density at radius 2 is 2.20 bits per heavy atom. The molecule has 0 radical (unpaired) electrons. The molecule has 0 atom stereocenters. The molecule has 0 aliphatic heterocycles. The predicted molar refractivity (Wildman–Crippen MR) is 57.2 cm³/mol.